The first-order chi connectivity index (χ1) is 7.12. The molecule has 1 saturated heterocycles. The van der Waals surface area contributed by atoms with E-state index in [2.05, 4.69) is 30.6 Å². The van der Waals surface area contributed by atoms with Gasteiger partial charge in [-0.1, -0.05) is 6.92 Å². The molecule has 1 aliphatic carbocycles. The molecule has 0 aromatic carbocycles. The molecule has 2 heteroatoms. The summed E-state index contributed by atoms with van der Waals surface area (Å²) in [5.74, 6) is 1.05. The van der Waals surface area contributed by atoms with Crippen LogP contribution in [0.15, 0.2) is 0 Å². The van der Waals surface area contributed by atoms with Gasteiger partial charge in [0.1, 0.15) is 0 Å². The van der Waals surface area contributed by atoms with Gasteiger partial charge in [-0.15, -0.1) is 0 Å². The number of hydrogen-bond donors (Lipinski definition) is 0. The van der Waals surface area contributed by atoms with Gasteiger partial charge in [-0.25, -0.2) is 0 Å². The van der Waals surface area contributed by atoms with Gasteiger partial charge in [0.2, 0.25) is 0 Å². The number of piperazine rings is 1. The van der Waals surface area contributed by atoms with E-state index >= 15 is 0 Å². The average Bonchev–Trinajstić information content (AvgIpc) is 3.03. The SMILES string of the molecule is CCC(C)(C)N1CCN(CC2CC2)CC1. The van der Waals surface area contributed by atoms with Crippen LogP contribution in [-0.2, 0) is 0 Å². The molecular weight excluding hydrogens is 184 g/mol. The monoisotopic (exact) mass is 210 g/mol. The van der Waals surface area contributed by atoms with Crippen molar-refractivity contribution in [1.29, 1.82) is 0 Å². The van der Waals surface area contributed by atoms with Crippen LogP contribution in [0.3, 0.4) is 0 Å². The van der Waals surface area contributed by atoms with E-state index in [-0.39, 0.29) is 0 Å². The summed E-state index contributed by atoms with van der Waals surface area (Å²) in [6.07, 6.45) is 4.23. The van der Waals surface area contributed by atoms with E-state index in [4.69, 9.17) is 0 Å². The molecule has 0 aromatic rings. The molecule has 0 bridgehead atoms. The molecule has 88 valence electrons. The van der Waals surface area contributed by atoms with Crippen molar-refractivity contribution in [3.05, 3.63) is 0 Å². The van der Waals surface area contributed by atoms with Crippen LogP contribution >= 0.6 is 0 Å². The molecule has 0 unspecified atom stereocenters. The Morgan fingerprint density at radius 2 is 1.67 bits per heavy atom. The van der Waals surface area contributed by atoms with E-state index in [0.29, 0.717) is 5.54 Å². The first kappa shape index (κ1) is 11.4. The minimum atomic E-state index is 0.408. The average molecular weight is 210 g/mol. The van der Waals surface area contributed by atoms with E-state index in [1.165, 1.54) is 52.0 Å². The molecule has 0 radical (unpaired) electrons. The molecule has 0 atom stereocenters. The Kier molecular flexibility index (Phi) is 3.36. The second kappa shape index (κ2) is 4.42. The molecule has 1 saturated carbocycles. The highest BCUT2D eigenvalue weighted by atomic mass is 15.3. The fourth-order valence-corrected chi connectivity index (χ4v) is 2.42. The van der Waals surface area contributed by atoms with E-state index in [1.54, 1.807) is 0 Å². The van der Waals surface area contributed by atoms with Gasteiger partial charge >= 0.3 is 0 Å². The van der Waals surface area contributed by atoms with Crippen molar-refractivity contribution < 1.29 is 0 Å². The Morgan fingerprint density at radius 3 is 2.13 bits per heavy atom. The van der Waals surface area contributed by atoms with Crippen LogP contribution in [0.4, 0.5) is 0 Å². The fraction of sp³-hybridized carbons (Fsp3) is 1.00. The molecule has 0 spiro atoms. The van der Waals surface area contributed by atoms with Crippen LogP contribution in [0.1, 0.15) is 40.0 Å². The van der Waals surface area contributed by atoms with Crippen LogP contribution < -0.4 is 0 Å². The lowest BCUT2D eigenvalue weighted by atomic mass is 9.98. The molecular formula is C13H26N2. The van der Waals surface area contributed by atoms with Crippen molar-refractivity contribution in [2.75, 3.05) is 32.7 Å². The maximum atomic E-state index is 2.67. The van der Waals surface area contributed by atoms with Crippen molar-refractivity contribution in [3.63, 3.8) is 0 Å². The Labute approximate surface area is 94.6 Å². The zero-order valence-corrected chi connectivity index (χ0v) is 10.6. The molecule has 0 aromatic heterocycles. The third kappa shape index (κ3) is 2.94. The number of rotatable bonds is 4. The lowest BCUT2D eigenvalue weighted by molar-refractivity contribution is 0.0483. The van der Waals surface area contributed by atoms with Crippen molar-refractivity contribution in [1.82, 2.24) is 9.80 Å². The quantitative estimate of drug-likeness (QED) is 0.702. The van der Waals surface area contributed by atoms with E-state index < -0.39 is 0 Å². The minimum absolute atomic E-state index is 0.408. The summed E-state index contributed by atoms with van der Waals surface area (Å²) in [6, 6.07) is 0. The van der Waals surface area contributed by atoms with Crippen molar-refractivity contribution >= 4 is 0 Å². The van der Waals surface area contributed by atoms with Gasteiger partial charge < -0.3 is 4.90 Å². The first-order valence-corrected chi connectivity index (χ1v) is 6.59. The largest absolute Gasteiger partial charge is 0.301 e. The summed E-state index contributed by atoms with van der Waals surface area (Å²) in [7, 11) is 0. The lowest BCUT2D eigenvalue weighted by Crippen LogP contribution is -2.54. The lowest BCUT2D eigenvalue weighted by Gasteiger charge is -2.43. The van der Waals surface area contributed by atoms with Gasteiger partial charge in [0.25, 0.3) is 0 Å². The molecule has 1 heterocycles. The van der Waals surface area contributed by atoms with E-state index in [0.717, 1.165) is 5.92 Å². The predicted octanol–water partition coefficient (Wildman–Crippen LogP) is 2.20. The second-order valence-corrected chi connectivity index (χ2v) is 5.90. The Hall–Kier alpha value is -0.0800. The third-order valence-corrected chi connectivity index (χ3v) is 4.31. The maximum Gasteiger partial charge on any atom is 0.0151 e. The highest BCUT2D eigenvalue weighted by Gasteiger charge is 2.30. The molecule has 2 rings (SSSR count). The first-order valence-electron chi connectivity index (χ1n) is 6.59. The maximum absolute atomic E-state index is 2.67. The van der Waals surface area contributed by atoms with Gasteiger partial charge in [-0.2, -0.15) is 0 Å². The van der Waals surface area contributed by atoms with Crippen LogP contribution in [0.25, 0.3) is 0 Å². The summed E-state index contributed by atoms with van der Waals surface area (Å²) < 4.78 is 0. The minimum Gasteiger partial charge on any atom is -0.301 e. The highest BCUT2D eigenvalue weighted by molar-refractivity contribution is 4.86. The summed E-state index contributed by atoms with van der Waals surface area (Å²) in [4.78, 5) is 5.33. The van der Waals surface area contributed by atoms with Gasteiger partial charge in [-0.3, -0.25) is 4.90 Å². The summed E-state index contributed by atoms with van der Waals surface area (Å²) in [5, 5.41) is 0. The molecule has 1 aliphatic heterocycles. The van der Waals surface area contributed by atoms with E-state index in [9.17, 15) is 0 Å². The van der Waals surface area contributed by atoms with Crippen molar-refractivity contribution in [2.24, 2.45) is 5.92 Å². The zero-order chi connectivity index (χ0) is 10.9. The smallest absolute Gasteiger partial charge is 0.0151 e. The van der Waals surface area contributed by atoms with Crippen molar-refractivity contribution in [3.8, 4) is 0 Å². The molecule has 0 amide bonds. The summed E-state index contributed by atoms with van der Waals surface area (Å²) in [5.41, 5.74) is 0.408. The molecule has 0 N–H and O–H groups in total. The van der Waals surface area contributed by atoms with Crippen LogP contribution in [0.2, 0.25) is 0 Å². The second-order valence-electron chi connectivity index (χ2n) is 5.90. The van der Waals surface area contributed by atoms with Crippen molar-refractivity contribution in [2.45, 2.75) is 45.6 Å². The van der Waals surface area contributed by atoms with E-state index in [1.807, 2.05) is 0 Å². The molecule has 15 heavy (non-hydrogen) atoms. The standard InChI is InChI=1S/C13H26N2/c1-4-13(2,3)15-9-7-14(8-10-15)11-12-5-6-12/h12H,4-11H2,1-3H3. The zero-order valence-electron chi connectivity index (χ0n) is 10.6. The normalized spacial score (nSPS) is 25.8. The summed E-state index contributed by atoms with van der Waals surface area (Å²) in [6.45, 7) is 13.6. The third-order valence-electron chi connectivity index (χ3n) is 4.31. The highest BCUT2D eigenvalue weighted by Crippen LogP contribution is 2.30. The van der Waals surface area contributed by atoms with Gasteiger partial charge in [0.05, 0.1) is 0 Å². The molecule has 2 nitrogen and oxygen atoms in total. The van der Waals surface area contributed by atoms with Gasteiger partial charge in [0, 0.05) is 38.3 Å². The number of hydrogen-bond acceptors (Lipinski definition) is 2. The fourth-order valence-electron chi connectivity index (χ4n) is 2.42. The van der Waals surface area contributed by atoms with Gasteiger partial charge in [0.15, 0.2) is 0 Å². The molecule has 2 aliphatic rings. The predicted molar refractivity (Wildman–Crippen MR) is 65.1 cm³/mol. The summed E-state index contributed by atoms with van der Waals surface area (Å²) >= 11 is 0. The van der Waals surface area contributed by atoms with Gasteiger partial charge in [-0.05, 0) is 39.0 Å². The topological polar surface area (TPSA) is 6.48 Å². The Morgan fingerprint density at radius 1 is 1.07 bits per heavy atom. The van der Waals surface area contributed by atoms with Crippen LogP contribution in [-0.4, -0.2) is 48.1 Å². The Bertz CT molecular complexity index is 201. The Balaban J connectivity index is 1.75. The van der Waals surface area contributed by atoms with Crippen LogP contribution in [0, 0.1) is 5.92 Å². The van der Waals surface area contributed by atoms with Crippen LogP contribution in [0.5, 0.6) is 0 Å². The molecule has 2 fully saturated rings. The number of nitrogens with zero attached hydrogens (tertiary/aromatic N) is 2.